The third-order valence-corrected chi connectivity index (χ3v) is 9.05. The van der Waals surface area contributed by atoms with Crippen LogP contribution in [0.25, 0.3) is 0 Å². The number of thiazole rings is 1. The number of fused-ring (bicyclic) bond motifs is 2. The van der Waals surface area contributed by atoms with Gasteiger partial charge >= 0.3 is 11.8 Å². The van der Waals surface area contributed by atoms with Gasteiger partial charge in [0.15, 0.2) is 10.8 Å². The third-order valence-electron chi connectivity index (χ3n) is 7.03. The number of nitrogens with zero attached hydrogens (tertiary/aromatic N) is 4. The maximum absolute atomic E-state index is 13.3. The molecule has 17 heteroatoms. The zero-order chi connectivity index (χ0) is 31.9. The summed E-state index contributed by atoms with van der Waals surface area (Å²) in [6.45, 7) is 6.83. The first-order valence-corrected chi connectivity index (χ1v) is 15.5. The van der Waals surface area contributed by atoms with E-state index in [4.69, 9.17) is 15.3 Å². The molecule has 0 aromatic carbocycles. The molecule has 1 fully saturated rings. The lowest BCUT2D eigenvalue weighted by Gasteiger charge is -2.50. The molecule has 5 rings (SSSR count). The van der Waals surface area contributed by atoms with Crippen molar-refractivity contribution >= 4 is 63.5 Å². The number of thioether (sulfide) groups is 1. The van der Waals surface area contributed by atoms with Crippen LogP contribution in [-0.4, -0.2) is 73.5 Å². The van der Waals surface area contributed by atoms with E-state index in [1.54, 1.807) is 12.3 Å². The van der Waals surface area contributed by atoms with Gasteiger partial charge in [-0.05, 0) is 31.9 Å². The van der Waals surface area contributed by atoms with E-state index in [0.29, 0.717) is 23.1 Å². The number of carboxylic acids is 2. The molecule has 2 aromatic rings. The Morgan fingerprint density at radius 2 is 2.16 bits per heavy atom. The van der Waals surface area contributed by atoms with Gasteiger partial charge in [0.25, 0.3) is 11.8 Å². The lowest BCUT2D eigenvalue weighted by Crippen LogP contribution is -2.71. The number of pyridine rings is 1. The Kier molecular flexibility index (Phi) is 8.44. The number of rotatable bonds is 11. The highest BCUT2D eigenvalue weighted by atomic mass is 32.2. The molecule has 2 unspecified atom stereocenters. The number of carbonyl (C=O) groups excluding carboxylic acids is 3. The van der Waals surface area contributed by atoms with Crippen LogP contribution in [0.15, 0.2) is 40.1 Å². The summed E-state index contributed by atoms with van der Waals surface area (Å²) in [5.74, 6) is -2.37. The van der Waals surface area contributed by atoms with Gasteiger partial charge in [-0.25, -0.2) is 19.7 Å². The fourth-order valence-electron chi connectivity index (χ4n) is 4.79. The minimum absolute atomic E-state index is 0.0179. The zero-order valence-corrected chi connectivity index (χ0v) is 25.9. The topological polar surface area (TPSA) is 212 Å². The molecule has 234 valence electrons. The van der Waals surface area contributed by atoms with Gasteiger partial charge in [0.05, 0.1) is 17.9 Å². The van der Waals surface area contributed by atoms with Gasteiger partial charge in [0.1, 0.15) is 23.7 Å². The lowest BCUT2D eigenvalue weighted by atomic mass is 10.0. The van der Waals surface area contributed by atoms with E-state index in [1.807, 2.05) is 10.6 Å². The summed E-state index contributed by atoms with van der Waals surface area (Å²) in [6.07, 6.45) is 2.36. The summed E-state index contributed by atoms with van der Waals surface area (Å²) in [7, 11) is 0. The van der Waals surface area contributed by atoms with Crippen LogP contribution in [0.1, 0.15) is 39.8 Å². The van der Waals surface area contributed by atoms with Crippen molar-refractivity contribution in [3.8, 4) is 5.75 Å². The average Bonchev–Trinajstić information content (AvgIpc) is 3.56. The first-order valence-electron chi connectivity index (χ1n) is 13.6. The number of nitrogens with one attached hydrogen (secondary N) is 2. The number of hydrogen-bond donors (Lipinski definition) is 4. The number of carbonyl (C=O) groups is 4. The van der Waals surface area contributed by atoms with Crippen molar-refractivity contribution in [3.05, 3.63) is 40.7 Å². The fourth-order valence-corrected chi connectivity index (χ4v) is 6.67. The fraction of sp³-hybridized carbons (Fsp3) is 0.444. The first-order chi connectivity index (χ1) is 20.8. The van der Waals surface area contributed by atoms with E-state index >= 15 is 0 Å². The van der Waals surface area contributed by atoms with Crippen molar-refractivity contribution in [1.29, 1.82) is 0 Å². The van der Waals surface area contributed by atoms with Crippen molar-refractivity contribution in [2.75, 3.05) is 16.8 Å². The van der Waals surface area contributed by atoms with Gasteiger partial charge in [-0.15, -0.1) is 23.1 Å². The Morgan fingerprint density at radius 1 is 1.41 bits per heavy atom. The Labute approximate surface area is 260 Å². The summed E-state index contributed by atoms with van der Waals surface area (Å²) in [6, 6.07) is 2.53. The first kappa shape index (κ1) is 31.1. The number of carboxylic acid groups (broad SMARTS) is 2. The Bertz CT molecular complexity index is 1590. The van der Waals surface area contributed by atoms with Gasteiger partial charge < -0.3 is 35.6 Å². The van der Waals surface area contributed by atoms with Crippen LogP contribution in [0.4, 0.5) is 10.9 Å². The second kappa shape index (κ2) is 12.0. The molecule has 5 heterocycles. The van der Waals surface area contributed by atoms with Gasteiger partial charge in [0, 0.05) is 23.1 Å². The second-order valence-corrected chi connectivity index (χ2v) is 13.2. The maximum Gasteiger partial charge on any atom is 0.350 e. The molecule has 5 N–H and O–H groups in total. The highest BCUT2D eigenvalue weighted by molar-refractivity contribution is 8.00. The van der Waals surface area contributed by atoms with Crippen LogP contribution in [0.3, 0.4) is 0 Å². The van der Waals surface area contributed by atoms with Crippen LogP contribution in [0, 0.1) is 5.92 Å². The highest BCUT2D eigenvalue weighted by Crippen LogP contribution is 2.40. The number of amides is 2. The predicted molar refractivity (Wildman–Crippen MR) is 157 cm³/mol. The van der Waals surface area contributed by atoms with E-state index < -0.39 is 46.5 Å². The number of aromatic nitrogens is 2. The normalized spacial score (nSPS) is 21.2. The largest absolute Gasteiger partial charge is 0.543 e. The minimum atomic E-state index is -1.77. The molecule has 2 amide bonds. The molecule has 0 radical (unpaired) electrons. The monoisotopic (exact) mass is 645 g/mol. The quantitative estimate of drug-likeness (QED) is 0.109. The summed E-state index contributed by atoms with van der Waals surface area (Å²) >= 11 is 2.31. The number of anilines is 2. The van der Waals surface area contributed by atoms with Crippen LogP contribution in [0.2, 0.25) is 0 Å². The molecule has 3 aliphatic rings. The molecule has 0 bridgehead atoms. The van der Waals surface area contributed by atoms with E-state index in [1.165, 1.54) is 31.0 Å². The van der Waals surface area contributed by atoms with Gasteiger partial charge in [-0.1, -0.05) is 19.0 Å². The smallest absolute Gasteiger partial charge is 0.350 e. The minimum Gasteiger partial charge on any atom is -0.543 e. The molecular formula is C27H31N7O8S2. The molecule has 1 saturated heterocycles. The average molecular weight is 646 g/mol. The van der Waals surface area contributed by atoms with Crippen molar-refractivity contribution in [2.24, 2.45) is 11.1 Å². The molecule has 3 atom stereocenters. The number of nitrogens with two attached hydrogens (primary N) is 1. The number of hydrogen-bond acceptors (Lipinski definition) is 13. The van der Waals surface area contributed by atoms with E-state index in [9.17, 15) is 29.4 Å². The zero-order valence-electron chi connectivity index (χ0n) is 24.2. The number of ether oxygens (including phenoxy) is 1. The summed E-state index contributed by atoms with van der Waals surface area (Å²) in [5.41, 5.74) is 3.77. The van der Waals surface area contributed by atoms with Gasteiger partial charge in [0.2, 0.25) is 17.6 Å². The second-order valence-electron chi connectivity index (χ2n) is 11.2. The van der Waals surface area contributed by atoms with Crippen molar-refractivity contribution in [2.45, 2.75) is 63.9 Å². The molecule has 0 spiro atoms. The molecule has 0 aliphatic carbocycles. The molecule has 44 heavy (non-hydrogen) atoms. The number of oxime groups is 1. The number of β-lactam (4-membered cyclic amide) rings is 1. The van der Waals surface area contributed by atoms with Gasteiger partial charge in [-0.3, -0.25) is 14.5 Å². The summed E-state index contributed by atoms with van der Waals surface area (Å²) < 4.78 is 7.83. The lowest BCUT2D eigenvalue weighted by molar-refractivity contribution is -0.674. The third kappa shape index (κ3) is 6.01. The summed E-state index contributed by atoms with van der Waals surface area (Å²) in [4.78, 5) is 60.7. The molecule has 0 saturated carbocycles. The van der Waals surface area contributed by atoms with Gasteiger partial charge in [-0.2, -0.15) is 0 Å². The SMILES string of the molecule is CC(C)CC1Nc2c(ccc[n+]2CC2=C(C(=O)[O-])N3C(=O)C(NC(=O)C(=NOC(C)(C)C(=O)O)c4csc(N)n4)[C@H]3SC2)O1. The molecule has 2 aromatic heterocycles. The summed E-state index contributed by atoms with van der Waals surface area (Å²) in [5, 5.41) is 32.2. The standard InChI is InChI=1S/C27H31N7O8S2/c1-12(2)8-16-30-20-15(41-16)6-5-7-33(20)9-13-10-43-23-18(22(36)34(23)19(13)24(37)38)31-21(35)17(14-11-44-26(28)29-14)32-42-27(3,4)25(39)40/h5-7,11-12,16,18,23H,8-10H2,1-4H3,(H5,28,29,31,35,37,38,39,40)/t16?,18?,23-/m1/s1. The molecule has 3 aliphatic heterocycles. The predicted octanol–water partition coefficient (Wildman–Crippen LogP) is -0.123. The molecule has 15 nitrogen and oxygen atoms in total. The number of nitrogen functional groups attached to an aromatic ring is 1. The van der Waals surface area contributed by atoms with E-state index in [-0.39, 0.29) is 35.0 Å². The van der Waals surface area contributed by atoms with Crippen molar-refractivity contribution in [1.82, 2.24) is 15.2 Å². The Morgan fingerprint density at radius 3 is 2.80 bits per heavy atom. The highest BCUT2D eigenvalue weighted by Gasteiger charge is 2.53. The van der Waals surface area contributed by atoms with Crippen LogP contribution >= 0.6 is 23.1 Å². The van der Waals surface area contributed by atoms with Crippen molar-refractivity contribution in [3.63, 3.8) is 0 Å². The van der Waals surface area contributed by atoms with E-state index in [0.717, 1.165) is 22.7 Å². The van der Waals surface area contributed by atoms with Crippen LogP contribution in [-0.2, 0) is 30.6 Å². The molecular weight excluding hydrogens is 614 g/mol. The van der Waals surface area contributed by atoms with Crippen LogP contribution in [0.5, 0.6) is 5.75 Å². The van der Waals surface area contributed by atoms with Crippen LogP contribution < -0.4 is 30.8 Å². The van der Waals surface area contributed by atoms with E-state index in [2.05, 4.69) is 34.6 Å². The van der Waals surface area contributed by atoms with Crippen molar-refractivity contribution < 1.29 is 43.5 Å². The Hall–Kier alpha value is -4.38. The maximum atomic E-state index is 13.3. The number of aliphatic carboxylic acids is 2. The Balaban J connectivity index is 1.35.